The first-order valence-corrected chi connectivity index (χ1v) is 6.39. The van der Waals surface area contributed by atoms with E-state index in [-0.39, 0.29) is 17.6 Å². The molecule has 0 heterocycles. The standard InChI is InChI=1S/C14H22O3/c1-5-17-13(15)8-12-10(4)6-7-11(9(2)3)14(12)16/h8-11H,5-7H2,1-4H3/b12-8-/t10-,11+/m1/s1. The van der Waals surface area contributed by atoms with Crippen molar-refractivity contribution in [2.24, 2.45) is 17.8 Å². The van der Waals surface area contributed by atoms with Crippen molar-refractivity contribution in [2.45, 2.75) is 40.5 Å². The molecule has 1 fully saturated rings. The Morgan fingerprint density at radius 1 is 1.47 bits per heavy atom. The summed E-state index contributed by atoms with van der Waals surface area (Å²) < 4.78 is 4.87. The zero-order valence-corrected chi connectivity index (χ0v) is 11.2. The first kappa shape index (κ1) is 13.9. The van der Waals surface area contributed by atoms with Gasteiger partial charge in [0, 0.05) is 17.6 Å². The summed E-state index contributed by atoms with van der Waals surface area (Å²) in [6, 6.07) is 0. The third-order valence-corrected chi connectivity index (χ3v) is 3.43. The highest BCUT2D eigenvalue weighted by atomic mass is 16.5. The van der Waals surface area contributed by atoms with Crippen LogP contribution in [-0.4, -0.2) is 18.4 Å². The van der Waals surface area contributed by atoms with Crippen LogP contribution in [0.1, 0.15) is 40.5 Å². The summed E-state index contributed by atoms with van der Waals surface area (Å²) in [6.07, 6.45) is 3.29. The molecular weight excluding hydrogens is 216 g/mol. The number of hydrogen-bond acceptors (Lipinski definition) is 3. The van der Waals surface area contributed by atoms with Gasteiger partial charge in [0.15, 0.2) is 5.78 Å². The van der Waals surface area contributed by atoms with Crippen molar-refractivity contribution in [3.05, 3.63) is 11.6 Å². The number of carbonyl (C=O) groups excluding carboxylic acids is 2. The van der Waals surface area contributed by atoms with Crippen LogP contribution in [0, 0.1) is 17.8 Å². The summed E-state index contributed by atoms with van der Waals surface area (Å²) in [5, 5.41) is 0. The van der Waals surface area contributed by atoms with Crippen molar-refractivity contribution in [3.63, 3.8) is 0 Å². The maximum absolute atomic E-state index is 12.2. The first-order valence-electron chi connectivity index (χ1n) is 6.39. The van der Waals surface area contributed by atoms with Gasteiger partial charge in [-0.05, 0) is 31.6 Å². The van der Waals surface area contributed by atoms with E-state index in [4.69, 9.17) is 4.74 Å². The molecule has 0 amide bonds. The van der Waals surface area contributed by atoms with Crippen LogP contribution in [0.15, 0.2) is 11.6 Å². The summed E-state index contributed by atoms with van der Waals surface area (Å²) in [5.41, 5.74) is 0.647. The quantitative estimate of drug-likeness (QED) is 0.561. The molecule has 0 unspecified atom stereocenters. The zero-order valence-electron chi connectivity index (χ0n) is 11.2. The normalized spacial score (nSPS) is 27.6. The molecule has 0 aromatic carbocycles. The van der Waals surface area contributed by atoms with Gasteiger partial charge in [-0.2, -0.15) is 0 Å². The largest absolute Gasteiger partial charge is 0.463 e. The average molecular weight is 238 g/mol. The molecule has 3 nitrogen and oxygen atoms in total. The number of ether oxygens (including phenoxy) is 1. The lowest BCUT2D eigenvalue weighted by molar-refractivity contribution is -0.137. The Balaban J connectivity index is 2.87. The lowest BCUT2D eigenvalue weighted by Gasteiger charge is -2.29. The minimum absolute atomic E-state index is 0.0619. The second-order valence-electron chi connectivity index (χ2n) is 5.04. The third kappa shape index (κ3) is 3.42. The van der Waals surface area contributed by atoms with Gasteiger partial charge in [0.2, 0.25) is 0 Å². The molecule has 1 aliphatic carbocycles. The molecule has 1 rings (SSSR count). The SMILES string of the molecule is CCOC(=O)/C=C1\C(=O)[C@H](C(C)C)CC[C@H]1C. The lowest BCUT2D eigenvalue weighted by atomic mass is 9.73. The monoisotopic (exact) mass is 238 g/mol. The van der Waals surface area contributed by atoms with Crippen molar-refractivity contribution < 1.29 is 14.3 Å². The minimum atomic E-state index is -0.396. The summed E-state index contributed by atoms with van der Waals surface area (Å²) in [4.78, 5) is 23.7. The van der Waals surface area contributed by atoms with Gasteiger partial charge >= 0.3 is 5.97 Å². The molecule has 0 saturated heterocycles. The molecule has 0 aliphatic heterocycles. The maximum atomic E-state index is 12.2. The Bertz CT molecular complexity index is 328. The van der Waals surface area contributed by atoms with E-state index in [1.807, 2.05) is 6.92 Å². The van der Waals surface area contributed by atoms with Crippen LogP contribution in [0.4, 0.5) is 0 Å². The third-order valence-electron chi connectivity index (χ3n) is 3.43. The van der Waals surface area contributed by atoms with E-state index in [9.17, 15) is 9.59 Å². The lowest BCUT2D eigenvalue weighted by Crippen LogP contribution is -2.30. The first-order chi connectivity index (χ1) is 7.97. The molecule has 0 radical (unpaired) electrons. The van der Waals surface area contributed by atoms with Crippen molar-refractivity contribution in [3.8, 4) is 0 Å². The van der Waals surface area contributed by atoms with E-state index in [0.717, 1.165) is 12.8 Å². The average Bonchev–Trinajstić information content (AvgIpc) is 2.24. The van der Waals surface area contributed by atoms with Crippen LogP contribution in [0.2, 0.25) is 0 Å². The fraction of sp³-hybridized carbons (Fsp3) is 0.714. The molecule has 96 valence electrons. The molecule has 17 heavy (non-hydrogen) atoms. The molecule has 1 saturated carbocycles. The van der Waals surface area contributed by atoms with Crippen LogP contribution in [-0.2, 0) is 14.3 Å². The van der Waals surface area contributed by atoms with Crippen LogP contribution in [0.25, 0.3) is 0 Å². The van der Waals surface area contributed by atoms with Gasteiger partial charge in [0.25, 0.3) is 0 Å². The summed E-state index contributed by atoms with van der Waals surface area (Å²) >= 11 is 0. The number of carbonyl (C=O) groups is 2. The van der Waals surface area contributed by atoms with Crippen LogP contribution >= 0.6 is 0 Å². The van der Waals surface area contributed by atoms with E-state index >= 15 is 0 Å². The molecule has 0 N–H and O–H groups in total. The Hall–Kier alpha value is -1.12. The Morgan fingerprint density at radius 2 is 2.12 bits per heavy atom. The number of hydrogen-bond donors (Lipinski definition) is 0. The van der Waals surface area contributed by atoms with E-state index in [1.165, 1.54) is 6.08 Å². The Morgan fingerprint density at radius 3 is 2.65 bits per heavy atom. The van der Waals surface area contributed by atoms with Gasteiger partial charge in [-0.3, -0.25) is 4.79 Å². The molecule has 0 aromatic rings. The molecule has 1 aliphatic rings. The molecular formula is C14H22O3. The number of rotatable bonds is 3. The van der Waals surface area contributed by atoms with Gasteiger partial charge in [-0.15, -0.1) is 0 Å². The topological polar surface area (TPSA) is 43.4 Å². The zero-order chi connectivity index (χ0) is 13.0. The molecule has 3 heteroatoms. The molecule has 0 spiro atoms. The molecule has 0 aromatic heterocycles. The van der Waals surface area contributed by atoms with Gasteiger partial charge < -0.3 is 4.74 Å². The van der Waals surface area contributed by atoms with Crippen LogP contribution in [0.3, 0.4) is 0 Å². The number of esters is 1. The van der Waals surface area contributed by atoms with E-state index in [0.29, 0.717) is 18.1 Å². The Kier molecular flexibility index (Phi) is 4.91. The van der Waals surface area contributed by atoms with Crippen LogP contribution in [0.5, 0.6) is 0 Å². The van der Waals surface area contributed by atoms with Gasteiger partial charge in [-0.25, -0.2) is 4.79 Å². The highest BCUT2D eigenvalue weighted by molar-refractivity contribution is 6.03. The fourth-order valence-corrected chi connectivity index (χ4v) is 2.33. The van der Waals surface area contributed by atoms with Gasteiger partial charge in [-0.1, -0.05) is 20.8 Å². The summed E-state index contributed by atoms with van der Waals surface area (Å²) in [6.45, 7) is 8.22. The summed E-state index contributed by atoms with van der Waals surface area (Å²) in [7, 11) is 0. The second-order valence-corrected chi connectivity index (χ2v) is 5.04. The highest BCUT2D eigenvalue weighted by Gasteiger charge is 2.33. The fourth-order valence-electron chi connectivity index (χ4n) is 2.33. The maximum Gasteiger partial charge on any atom is 0.331 e. The van der Waals surface area contributed by atoms with E-state index in [1.54, 1.807) is 6.92 Å². The predicted molar refractivity (Wildman–Crippen MR) is 66.4 cm³/mol. The smallest absolute Gasteiger partial charge is 0.331 e. The minimum Gasteiger partial charge on any atom is -0.463 e. The predicted octanol–water partition coefficient (Wildman–Crippen LogP) is 2.75. The summed E-state index contributed by atoms with van der Waals surface area (Å²) in [5.74, 6) is 0.299. The van der Waals surface area contributed by atoms with Gasteiger partial charge in [0.1, 0.15) is 0 Å². The van der Waals surface area contributed by atoms with Crippen molar-refractivity contribution in [1.82, 2.24) is 0 Å². The van der Waals surface area contributed by atoms with Gasteiger partial charge in [0.05, 0.1) is 6.61 Å². The molecule has 2 atom stereocenters. The van der Waals surface area contributed by atoms with Crippen molar-refractivity contribution in [1.29, 1.82) is 0 Å². The molecule has 0 bridgehead atoms. The second kappa shape index (κ2) is 5.99. The van der Waals surface area contributed by atoms with E-state index in [2.05, 4.69) is 13.8 Å². The van der Waals surface area contributed by atoms with Crippen molar-refractivity contribution in [2.75, 3.05) is 6.61 Å². The highest BCUT2D eigenvalue weighted by Crippen LogP contribution is 2.34. The number of ketones is 1. The van der Waals surface area contributed by atoms with Crippen molar-refractivity contribution >= 4 is 11.8 Å². The number of Topliss-reactive ketones (excluding diaryl/α,β-unsaturated/α-hetero) is 1. The van der Waals surface area contributed by atoms with E-state index < -0.39 is 5.97 Å². The number of allylic oxidation sites excluding steroid dienone is 1. The Labute approximate surface area is 103 Å². The van der Waals surface area contributed by atoms with Crippen LogP contribution < -0.4 is 0 Å².